The molecule has 0 aromatic heterocycles. The molecule has 1 heterocycles. The van der Waals surface area contributed by atoms with Crippen molar-refractivity contribution < 1.29 is 4.79 Å². The summed E-state index contributed by atoms with van der Waals surface area (Å²) in [6.45, 7) is 2.09. The van der Waals surface area contributed by atoms with Crippen LogP contribution in [-0.4, -0.2) is 19.0 Å². The van der Waals surface area contributed by atoms with Crippen molar-refractivity contribution in [2.24, 2.45) is 0 Å². The number of benzene rings is 2. The number of nitrogens with one attached hydrogen (secondary N) is 2. The summed E-state index contributed by atoms with van der Waals surface area (Å²) in [4.78, 5) is 12.4. The van der Waals surface area contributed by atoms with E-state index in [4.69, 9.17) is 11.6 Å². The van der Waals surface area contributed by atoms with Gasteiger partial charge in [0.15, 0.2) is 0 Å². The quantitative estimate of drug-likeness (QED) is 0.897. The number of carbonyl (C=O) groups is 1. The number of carbonyl (C=O) groups excluding carboxylic acids is 1. The molecule has 0 radical (unpaired) electrons. The van der Waals surface area contributed by atoms with Crippen LogP contribution in [0, 0.1) is 0 Å². The summed E-state index contributed by atoms with van der Waals surface area (Å²) in [6.07, 6.45) is 2.25. The summed E-state index contributed by atoms with van der Waals surface area (Å²) < 4.78 is 0. The molecule has 22 heavy (non-hydrogen) atoms. The normalized spacial score (nSPS) is 15.5. The van der Waals surface area contributed by atoms with Gasteiger partial charge in [0.1, 0.15) is 0 Å². The van der Waals surface area contributed by atoms with E-state index in [-0.39, 0.29) is 5.91 Å². The second-order valence-electron chi connectivity index (χ2n) is 5.61. The van der Waals surface area contributed by atoms with Crippen molar-refractivity contribution in [3.05, 3.63) is 64.7 Å². The molecular weight excluding hydrogens is 296 g/mol. The number of hydrogen-bond acceptors (Lipinski definition) is 2. The minimum atomic E-state index is -0.0990. The van der Waals surface area contributed by atoms with E-state index in [1.165, 1.54) is 5.56 Å². The predicted molar refractivity (Wildman–Crippen MR) is 90.7 cm³/mol. The zero-order valence-corrected chi connectivity index (χ0v) is 13.1. The molecule has 3 rings (SSSR count). The molecule has 2 N–H and O–H groups in total. The first-order valence-corrected chi connectivity index (χ1v) is 7.98. The zero-order chi connectivity index (χ0) is 15.4. The van der Waals surface area contributed by atoms with Crippen LogP contribution >= 0.6 is 11.6 Å². The average Bonchev–Trinajstić information content (AvgIpc) is 2.56. The lowest BCUT2D eigenvalue weighted by atomic mass is 9.89. The highest BCUT2D eigenvalue weighted by Gasteiger charge is 2.16. The van der Waals surface area contributed by atoms with Crippen LogP contribution in [0.25, 0.3) is 0 Å². The van der Waals surface area contributed by atoms with Gasteiger partial charge in [0.05, 0.1) is 0 Å². The van der Waals surface area contributed by atoms with Crippen LogP contribution < -0.4 is 10.6 Å². The second-order valence-corrected chi connectivity index (χ2v) is 6.05. The van der Waals surface area contributed by atoms with E-state index < -0.39 is 0 Å². The first-order chi connectivity index (χ1) is 10.7. The topological polar surface area (TPSA) is 41.1 Å². The lowest BCUT2D eigenvalue weighted by Crippen LogP contribution is -2.26. The molecule has 4 heteroatoms. The van der Waals surface area contributed by atoms with Crippen molar-refractivity contribution in [2.45, 2.75) is 18.8 Å². The molecule has 2 aromatic rings. The maximum atomic E-state index is 12.4. The highest BCUT2D eigenvalue weighted by atomic mass is 35.5. The van der Waals surface area contributed by atoms with E-state index >= 15 is 0 Å². The molecule has 2 aromatic carbocycles. The van der Waals surface area contributed by atoms with E-state index in [2.05, 4.69) is 16.7 Å². The summed E-state index contributed by atoms with van der Waals surface area (Å²) in [5.41, 5.74) is 2.65. The van der Waals surface area contributed by atoms with Gasteiger partial charge in [0, 0.05) is 16.3 Å². The van der Waals surface area contributed by atoms with Gasteiger partial charge in [0.2, 0.25) is 0 Å². The molecule has 1 aliphatic rings. The largest absolute Gasteiger partial charge is 0.322 e. The summed E-state index contributed by atoms with van der Waals surface area (Å²) in [6, 6.07) is 15.1. The Kier molecular flexibility index (Phi) is 4.76. The monoisotopic (exact) mass is 314 g/mol. The number of amides is 1. The minimum Gasteiger partial charge on any atom is -0.322 e. The smallest absolute Gasteiger partial charge is 0.255 e. The molecule has 3 nitrogen and oxygen atoms in total. The zero-order valence-electron chi connectivity index (χ0n) is 12.3. The summed E-state index contributed by atoms with van der Waals surface area (Å²) in [5, 5.41) is 6.87. The van der Waals surface area contributed by atoms with Crippen LogP contribution in [0.4, 0.5) is 5.69 Å². The molecule has 114 valence electrons. The number of hydrogen-bond donors (Lipinski definition) is 2. The Morgan fingerprint density at radius 1 is 1.09 bits per heavy atom. The fourth-order valence-corrected chi connectivity index (χ4v) is 3.05. The van der Waals surface area contributed by atoms with E-state index in [0.717, 1.165) is 25.9 Å². The molecule has 1 amide bonds. The van der Waals surface area contributed by atoms with Gasteiger partial charge in [-0.15, -0.1) is 0 Å². The number of rotatable bonds is 3. The molecule has 0 unspecified atom stereocenters. The molecule has 0 spiro atoms. The SMILES string of the molecule is O=C(Nc1cccc(Cl)c1)c1cccc(C2CCNCC2)c1. The number of halogens is 1. The number of anilines is 1. The molecule has 1 saturated heterocycles. The van der Waals surface area contributed by atoms with Crippen LogP contribution in [0.5, 0.6) is 0 Å². The van der Waals surface area contributed by atoms with Crippen molar-refractivity contribution in [3.63, 3.8) is 0 Å². The van der Waals surface area contributed by atoms with Gasteiger partial charge >= 0.3 is 0 Å². The standard InChI is InChI=1S/C18H19ClN2O/c19-16-5-2-6-17(12-16)21-18(22)15-4-1-3-14(11-15)13-7-9-20-10-8-13/h1-6,11-13,20H,7-10H2,(H,21,22). The Balaban J connectivity index is 1.75. The third kappa shape index (κ3) is 3.67. The molecule has 0 bridgehead atoms. The van der Waals surface area contributed by atoms with Gasteiger partial charge in [-0.1, -0.05) is 29.8 Å². The van der Waals surface area contributed by atoms with Crippen molar-refractivity contribution >= 4 is 23.2 Å². The third-order valence-electron chi connectivity index (χ3n) is 4.04. The highest BCUT2D eigenvalue weighted by Crippen LogP contribution is 2.26. The minimum absolute atomic E-state index is 0.0990. The first-order valence-electron chi connectivity index (χ1n) is 7.60. The lowest BCUT2D eigenvalue weighted by molar-refractivity contribution is 0.102. The van der Waals surface area contributed by atoms with Crippen LogP contribution in [0.15, 0.2) is 48.5 Å². The second kappa shape index (κ2) is 6.95. The molecule has 1 aliphatic heterocycles. The first kappa shape index (κ1) is 15.1. The summed E-state index contributed by atoms with van der Waals surface area (Å²) in [5.74, 6) is 0.443. The molecule has 1 fully saturated rings. The van der Waals surface area contributed by atoms with E-state index in [1.54, 1.807) is 12.1 Å². The Labute approximate surface area is 135 Å². The van der Waals surface area contributed by atoms with Crippen molar-refractivity contribution in [1.82, 2.24) is 5.32 Å². The Morgan fingerprint density at radius 3 is 2.64 bits per heavy atom. The summed E-state index contributed by atoms with van der Waals surface area (Å²) in [7, 11) is 0. The van der Waals surface area contributed by atoms with Crippen LogP contribution in [0.2, 0.25) is 5.02 Å². The fraction of sp³-hybridized carbons (Fsp3) is 0.278. The molecule has 0 atom stereocenters. The Hall–Kier alpha value is -1.84. The van der Waals surface area contributed by atoms with E-state index in [1.807, 2.05) is 30.3 Å². The Morgan fingerprint density at radius 2 is 1.86 bits per heavy atom. The summed E-state index contributed by atoms with van der Waals surface area (Å²) >= 11 is 5.94. The molecule has 0 aliphatic carbocycles. The van der Waals surface area contributed by atoms with Gasteiger partial charge in [-0.25, -0.2) is 0 Å². The average molecular weight is 315 g/mol. The number of piperidine rings is 1. The van der Waals surface area contributed by atoms with Gasteiger partial charge in [-0.2, -0.15) is 0 Å². The van der Waals surface area contributed by atoms with Gasteiger partial charge in [-0.05, 0) is 67.7 Å². The van der Waals surface area contributed by atoms with Crippen molar-refractivity contribution in [2.75, 3.05) is 18.4 Å². The lowest BCUT2D eigenvalue weighted by Gasteiger charge is -2.23. The van der Waals surface area contributed by atoms with E-state index in [0.29, 0.717) is 22.2 Å². The van der Waals surface area contributed by atoms with Crippen LogP contribution in [0.3, 0.4) is 0 Å². The van der Waals surface area contributed by atoms with Crippen LogP contribution in [-0.2, 0) is 0 Å². The predicted octanol–water partition coefficient (Wildman–Crippen LogP) is 4.06. The third-order valence-corrected chi connectivity index (χ3v) is 4.28. The van der Waals surface area contributed by atoms with Crippen molar-refractivity contribution in [1.29, 1.82) is 0 Å². The maximum Gasteiger partial charge on any atom is 0.255 e. The van der Waals surface area contributed by atoms with E-state index in [9.17, 15) is 4.79 Å². The molecular formula is C18H19ClN2O. The van der Waals surface area contributed by atoms with Gasteiger partial charge in [0.25, 0.3) is 5.91 Å². The van der Waals surface area contributed by atoms with Gasteiger partial charge in [-0.3, -0.25) is 4.79 Å². The van der Waals surface area contributed by atoms with Gasteiger partial charge < -0.3 is 10.6 Å². The Bertz CT molecular complexity index is 666. The fourth-order valence-electron chi connectivity index (χ4n) is 2.86. The van der Waals surface area contributed by atoms with Crippen LogP contribution in [0.1, 0.15) is 34.7 Å². The highest BCUT2D eigenvalue weighted by molar-refractivity contribution is 6.30. The van der Waals surface area contributed by atoms with Crippen molar-refractivity contribution in [3.8, 4) is 0 Å². The maximum absolute atomic E-state index is 12.4. The molecule has 0 saturated carbocycles.